The molecule has 4 aromatic rings. The summed E-state index contributed by atoms with van der Waals surface area (Å²) in [5.74, 6) is -0.753. The topological polar surface area (TPSA) is 107 Å². The summed E-state index contributed by atoms with van der Waals surface area (Å²) in [6, 6.07) is 8.94. The van der Waals surface area contributed by atoms with Crippen LogP contribution in [0.4, 0.5) is 26.1 Å². The molecule has 170 valence electrons. The highest BCUT2D eigenvalue weighted by molar-refractivity contribution is 6.17. The number of amides is 1. The lowest BCUT2D eigenvalue weighted by Gasteiger charge is -2.08. The van der Waals surface area contributed by atoms with Gasteiger partial charge in [-0.05, 0) is 30.7 Å². The van der Waals surface area contributed by atoms with Crippen molar-refractivity contribution in [3.8, 4) is 5.75 Å². The molecular weight excluding hydrogens is 456 g/mol. The number of fused-ring (bicyclic) bond motifs is 1. The Morgan fingerprint density at radius 1 is 1.18 bits per heavy atom. The molecule has 9 nitrogen and oxygen atoms in total. The Bertz CT molecular complexity index is 1280. The van der Waals surface area contributed by atoms with Gasteiger partial charge < -0.3 is 15.4 Å². The minimum atomic E-state index is -1.13. The second kappa shape index (κ2) is 10.2. The molecule has 0 bridgehead atoms. The number of nitrogens with zero attached hydrogens (tertiary/aromatic N) is 5. The van der Waals surface area contributed by atoms with Crippen LogP contribution in [0.5, 0.6) is 5.75 Å². The van der Waals surface area contributed by atoms with Gasteiger partial charge in [-0.15, -0.1) is 16.7 Å². The first-order chi connectivity index (χ1) is 16.0. The van der Waals surface area contributed by atoms with Crippen molar-refractivity contribution in [2.24, 2.45) is 0 Å². The first kappa shape index (κ1) is 22.3. The van der Waals surface area contributed by atoms with E-state index in [2.05, 4.69) is 30.9 Å². The van der Waals surface area contributed by atoms with Gasteiger partial charge in [-0.1, -0.05) is 11.3 Å². The number of ether oxygens (including phenoxy) is 1. The average molecular weight is 474 g/mol. The molecule has 0 fully saturated rings. The van der Waals surface area contributed by atoms with E-state index in [1.807, 2.05) is 6.07 Å². The number of alkyl halides is 1. The van der Waals surface area contributed by atoms with E-state index in [1.54, 1.807) is 12.1 Å². The Labute approximate surface area is 191 Å². The number of hydrogen-bond donors (Lipinski definition) is 2. The maximum Gasteiger partial charge on any atom is 0.246 e. The van der Waals surface area contributed by atoms with Gasteiger partial charge in [-0.25, -0.2) is 23.4 Å². The smallest absolute Gasteiger partial charge is 0.246 e. The molecule has 0 unspecified atom stereocenters. The van der Waals surface area contributed by atoms with Crippen LogP contribution in [0.3, 0.4) is 0 Å². The molecule has 12 heteroatoms. The lowest BCUT2D eigenvalue weighted by Crippen LogP contribution is -2.20. The summed E-state index contributed by atoms with van der Waals surface area (Å²) in [5, 5.41) is 13.9. The molecule has 0 saturated carbocycles. The van der Waals surface area contributed by atoms with E-state index >= 15 is 0 Å². The Morgan fingerprint density at radius 3 is 2.91 bits per heavy atom. The third-order valence-electron chi connectivity index (χ3n) is 4.47. The summed E-state index contributed by atoms with van der Waals surface area (Å²) >= 11 is 5.67. The summed E-state index contributed by atoms with van der Waals surface area (Å²) in [4.78, 5) is 20.7. The van der Waals surface area contributed by atoms with Crippen molar-refractivity contribution in [1.29, 1.82) is 0 Å². The number of carbonyl (C=O) groups excluding carboxylic acids is 1. The van der Waals surface area contributed by atoms with Crippen molar-refractivity contribution in [1.82, 2.24) is 25.0 Å². The minimum Gasteiger partial charge on any atom is -0.493 e. The van der Waals surface area contributed by atoms with Crippen molar-refractivity contribution in [3.05, 3.63) is 60.6 Å². The highest BCUT2D eigenvalue weighted by atomic mass is 35.5. The lowest BCUT2D eigenvalue weighted by molar-refractivity contribution is -0.116. The van der Waals surface area contributed by atoms with Gasteiger partial charge in [0.1, 0.15) is 24.4 Å². The molecule has 0 atom stereocenters. The largest absolute Gasteiger partial charge is 0.493 e. The van der Waals surface area contributed by atoms with E-state index in [-0.39, 0.29) is 12.2 Å². The molecule has 2 N–H and O–H groups in total. The average Bonchev–Trinajstić information content (AvgIpc) is 3.23. The first-order valence-electron chi connectivity index (χ1n) is 9.88. The molecule has 2 aromatic carbocycles. The van der Waals surface area contributed by atoms with Crippen LogP contribution in [0.25, 0.3) is 10.9 Å². The van der Waals surface area contributed by atoms with Gasteiger partial charge in [-0.2, -0.15) is 0 Å². The van der Waals surface area contributed by atoms with Crippen molar-refractivity contribution in [2.45, 2.75) is 13.0 Å². The molecule has 0 spiro atoms. The minimum absolute atomic E-state index is 0.252. The van der Waals surface area contributed by atoms with E-state index in [0.29, 0.717) is 35.4 Å². The summed E-state index contributed by atoms with van der Waals surface area (Å²) in [5.41, 5.74) is 0.414. The summed E-state index contributed by atoms with van der Waals surface area (Å²) in [6.45, 7) is 0.256. The molecule has 0 aliphatic rings. The molecule has 2 heterocycles. The fourth-order valence-corrected chi connectivity index (χ4v) is 3.07. The zero-order valence-corrected chi connectivity index (χ0v) is 17.9. The van der Waals surface area contributed by atoms with Gasteiger partial charge in [0.15, 0.2) is 17.5 Å². The number of hydrogen-bond acceptors (Lipinski definition) is 7. The third-order valence-corrected chi connectivity index (χ3v) is 4.74. The quantitative estimate of drug-likeness (QED) is 0.280. The molecule has 33 heavy (non-hydrogen) atoms. The van der Waals surface area contributed by atoms with Gasteiger partial charge >= 0.3 is 0 Å². The van der Waals surface area contributed by atoms with Crippen LogP contribution in [-0.2, 0) is 11.3 Å². The van der Waals surface area contributed by atoms with Crippen molar-refractivity contribution in [3.63, 3.8) is 0 Å². The SMILES string of the molecule is O=C(Cn1cc(Nc2ncnc3cc(OCCCCl)ccc23)nn1)Nc1cccc(F)c1F. The highest BCUT2D eigenvalue weighted by Crippen LogP contribution is 2.25. The summed E-state index contributed by atoms with van der Waals surface area (Å²) in [7, 11) is 0. The van der Waals surface area contributed by atoms with E-state index in [0.717, 1.165) is 17.9 Å². The first-order valence-corrected chi connectivity index (χ1v) is 10.4. The second-order valence-corrected chi connectivity index (χ2v) is 7.25. The summed E-state index contributed by atoms with van der Waals surface area (Å²) < 4.78 is 33.9. The van der Waals surface area contributed by atoms with E-state index < -0.39 is 17.5 Å². The van der Waals surface area contributed by atoms with Gasteiger partial charge in [0.2, 0.25) is 5.91 Å². The number of benzene rings is 2. The molecule has 0 aliphatic heterocycles. The standard InChI is InChI=1S/C21H18ClF2N7O2/c22-7-2-8-33-13-5-6-14-17(9-13)25-12-26-21(14)28-18-10-31(30-29-18)11-19(32)27-16-4-1-3-15(23)20(16)24/h1,3-6,9-10,12H,2,7-8,11H2,(H,27,32)(H,25,26,28). The molecule has 0 aliphatic carbocycles. The van der Waals surface area contributed by atoms with E-state index in [1.165, 1.54) is 29.3 Å². The predicted molar refractivity (Wildman–Crippen MR) is 119 cm³/mol. The molecular formula is C21H18ClF2N7O2. The van der Waals surface area contributed by atoms with E-state index in [4.69, 9.17) is 16.3 Å². The van der Waals surface area contributed by atoms with Crippen LogP contribution in [-0.4, -0.2) is 43.4 Å². The normalized spacial score (nSPS) is 10.9. The molecule has 1 amide bonds. The molecule has 0 saturated heterocycles. The van der Waals surface area contributed by atoms with Gasteiger partial charge in [0.25, 0.3) is 0 Å². The van der Waals surface area contributed by atoms with Crippen LogP contribution >= 0.6 is 11.6 Å². The summed E-state index contributed by atoms with van der Waals surface area (Å²) in [6.07, 6.45) is 3.62. The number of halogens is 3. The number of aromatic nitrogens is 5. The van der Waals surface area contributed by atoms with E-state index in [9.17, 15) is 13.6 Å². The van der Waals surface area contributed by atoms with Gasteiger partial charge in [0, 0.05) is 17.3 Å². The van der Waals surface area contributed by atoms with Crippen molar-refractivity contribution >= 4 is 45.7 Å². The zero-order chi connectivity index (χ0) is 23.2. The Hall–Kier alpha value is -3.86. The molecule has 2 aromatic heterocycles. The maximum absolute atomic E-state index is 13.7. The van der Waals surface area contributed by atoms with Crippen LogP contribution in [0.1, 0.15) is 6.42 Å². The monoisotopic (exact) mass is 473 g/mol. The number of carbonyl (C=O) groups is 1. The third kappa shape index (κ3) is 5.50. The maximum atomic E-state index is 13.7. The Kier molecular flexibility index (Phi) is 6.89. The fraction of sp³-hybridized carbons (Fsp3) is 0.190. The molecule has 4 rings (SSSR count). The van der Waals surface area contributed by atoms with Gasteiger partial charge in [-0.3, -0.25) is 4.79 Å². The fourth-order valence-electron chi connectivity index (χ4n) is 2.96. The van der Waals surface area contributed by atoms with Gasteiger partial charge in [0.05, 0.1) is 24.0 Å². The van der Waals surface area contributed by atoms with Crippen LogP contribution in [0.2, 0.25) is 0 Å². The molecule has 0 radical (unpaired) electrons. The number of anilines is 3. The zero-order valence-electron chi connectivity index (χ0n) is 17.1. The number of rotatable bonds is 9. The highest BCUT2D eigenvalue weighted by Gasteiger charge is 2.13. The predicted octanol–water partition coefficient (Wildman–Crippen LogP) is 3.89. The Balaban J connectivity index is 1.42. The Morgan fingerprint density at radius 2 is 2.06 bits per heavy atom. The van der Waals surface area contributed by atoms with Crippen molar-refractivity contribution < 1.29 is 18.3 Å². The van der Waals surface area contributed by atoms with Crippen LogP contribution in [0, 0.1) is 11.6 Å². The van der Waals surface area contributed by atoms with Crippen LogP contribution in [0.15, 0.2) is 48.9 Å². The second-order valence-electron chi connectivity index (χ2n) is 6.87. The van der Waals surface area contributed by atoms with Crippen molar-refractivity contribution in [2.75, 3.05) is 23.1 Å². The lowest BCUT2D eigenvalue weighted by atomic mass is 10.2. The number of nitrogens with one attached hydrogen (secondary N) is 2. The van der Waals surface area contributed by atoms with Crippen LogP contribution < -0.4 is 15.4 Å².